The largest absolute Gasteiger partial charge is 0.390 e. The lowest BCUT2D eigenvalue weighted by Crippen LogP contribution is -2.65. The SMILES string of the molecule is O=C(Nc1cnccc1C(=O)NC12CC3CC(CC(O)(C3)C1)C2)c1csc(-c2c(F)cccc2F)n1. The van der Waals surface area contributed by atoms with E-state index in [1.807, 2.05) is 0 Å². The van der Waals surface area contributed by atoms with Crippen molar-refractivity contribution in [3.8, 4) is 10.6 Å². The van der Waals surface area contributed by atoms with Gasteiger partial charge < -0.3 is 15.7 Å². The lowest BCUT2D eigenvalue weighted by atomic mass is 9.51. The summed E-state index contributed by atoms with van der Waals surface area (Å²) in [5, 5.41) is 18.3. The van der Waals surface area contributed by atoms with Crippen LogP contribution in [0.4, 0.5) is 14.5 Å². The Balaban J connectivity index is 1.21. The Morgan fingerprint density at radius 1 is 1.06 bits per heavy atom. The van der Waals surface area contributed by atoms with Gasteiger partial charge in [0.2, 0.25) is 0 Å². The average molecular weight is 511 g/mol. The Hall–Kier alpha value is -3.24. The Bertz CT molecular complexity index is 1340. The number of pyridine rings is 1. The van der Waals surface area contributed by atoms with Crippen LogP contribution in [0.25, 0.3) is 10.6 Å². The molecule has 0 radical (unpaired) electrons. The van der Waals surface area contributed by atoms with Crippen LogP contribution in [-0.2, 0) is 0 Å². The van der Waals surface area contributed by atoms with Crippen molar-refractivity contribution in [1.82, 2.24) is 15.3 Å². The molecule has 0 saturated heterocycles. The third kappa shape index (κ3) is 4.08. The Kier molecular flexibility index (Phi) is 5.42. The molecule has 7 rings (SSSR count). The zero-order chi connectivity index (χ0) is 25.1. The lowest BCUT2D eigenvalue weighted by molar-refractivity contribution is -0.139. The topological polar surface area (TPSA) is 104 Å². The molecule has 2 amide bonds. The summed E-state index contributed by atoms with van der Waals surface area (Å²) in [6.45, 7) is 0. The molecule has 4 fully saturated rings. The van der Waals surface area contributed by atoms with Crippen molar-refractivity contribution < 1.29 is 23.5 Å². The third-order valence-electron chi connectivity index (χ3n) is 7.64. The molecule has 4 bridgehead atoms. The molecule has 186 valence electrons. The van der Waals surface area contributed by atoms with E-state index in [2.05, 4.69) is 20.6 Å². The zero-order valence-electron chi connectivity index (χ0n) is 19.3. The summed E-state index contributed by atoms with van der Waals surface area (Å²) in [5.41, 5.74) is -1.04. The molecule has 4 aliphatic rings. The number of carbonyl (C=O) groups is 2. The highest BCUT2D eigenvalue weighted by atomic mass is 32.1. The summed E-state index contributed by atoms with van der Waals surface area (Å²) in [4.78, 5) is 34.4. The number of aliphatic hydroxyl groups is 1. The first-order valence-corrected chi connectivity index (χ1v) is 12.8. The maximum Gasteiger partial charge on any atom is 0.275 e. The lowest BCUT2D eigenvalue weighted by Gasteiger charge is -2.60. The molecule has 3 aromatic rings. The normalized spacial score (nSPS) is 28.2. The Morgan fingerprint density at radius 2 is 1.78 bits per heavy atom. The van der Waals surface area contributed by atoms with Crippen LogP contribution in [0, 0.1) is 23.5 Å². The van der Waals surface area contributed by atoms with Crippen molar-refractivity contribution >= 4 is 28.8 Å². The van der Waals surface area contributed by atoms with Gasteiger partial charge in [-0.05, 0) is 68.6 Å². The second kappa shape index (κ2) is 8.41. The highest BCUT2D eigenvalue weighted by Crippen LogP contribution is 2.57. The van der Waals surface area contributed by atoms with Gasteiger partial charge in [-0.15, -0.1) is 11.3 Å². The van der Waals surface area contributed by atoms with Gasteiger partial charge in [0.15, 0.2) is 0 Å². The quantitative estimate of drug-likeness (QED) is 0.467. The number of rotatable bonds is 5. The summed E-state index contributed by atoms with van der Waals surface area (Å²) >= 11 is 0.946. The standard InChI is InChI=1S/C26H24F2N4O3S/c27-17-2-1-3-18(28)21(17)24-31-20(12-36-24)23(34)30-19-11-29-5-4-16(19)22(33)32-25-7-14-6-15(8-25)10-26(35,9-14)13-25/h1-5,11-12,14-15,35H,6-10,13H2,(H,30,34)(H,32,33). The molecule has 4 aliphatic carbocycles. The van der Waals surface area contributed by atoms with Crippen molar-refractivity contribution in [2.24, 2.45) is 11.8 Å². The number of thiazole rings is 1. The van der Waals surface area contributed by atoms with Gasteiger partial charge in [-0.1, -0.05) is 6.07 Å². The minimum atomic E-state index is -0.767. The predicted octanol–water partition coefficient (Wildman–Crippen LogP) is 4.55. The second-order valence-electron chi connectivity index (χ2n) is 10.4. The van der Waals surface area contributed by atoms with Crippen molar-refractivity contribution in [3.05, 3.63) is 64.9 Å². The molecule has 36 heavy (non-hydrogen) atoms. The molecular weight excluding hydrogens is 486 g/mol. The van der Waals surface area contributed by atoms with Crippen LogP contribution in [0.15, 0.2) is 42.0 Å². The molecule has 2 atom stereocenters. The first-order valence-electron chi connectivity index (χ1n) is 11.9. The van der Waals surface area contributed by atoms with Crippen molar-refractivity contribution in [3.63, 3.8) is 0 Å². The van der Waals surface area contributed by atoms with E-state index in [1.54, 1.807) is 0 Å². The fraction of sp³-hybridized carbons (Fsp3) is 0.385. The van der Waals surface area contributed by atoms with Crippen molar-refractivity contribution in [1.29, 1.82) is 0 Å². The van der Waals surface area contributed by atoms with Crippen LogP contribution in [-0.4, -0.2) is 38.0 Å². The van der Waals surface area contributed by atoms with E-state index in [4.69, 9.17) is 0 Å². The molecule has 2 aromatic heterocycles. The number of hydrogen-bond donors (Lipinski definition) is 3. The van der Waals surface area contributed by atoms with Gasteiger partial charge in [-0.3, -0.25) is 14.6 Å². The van der Waals surface area contributed by atoms with E-state index in [1.165, 1.54) is 29.9 Å². The molecule has 4 saturated carbocycles. The first-order chi connectivity index (χ1) is 17.2. The number of aromatic nitrogens is 2. The summed E-state index contributed by atoms with van der Waals surface area (Å²) in [5.74, 6) is -1.68. The van der Waals surface area contributed by atoms with E-state index in [0.29, 0.717) is 18.3 Å². The maximum absolute atomic E-state index is 14.1. The first kappa shape index (κ1) is 23.2. The molecule has 2 heterocycles. The van der Waals surface area contributed by atoms with Gasteiger partial charge in [0.05, 0.1) is 28.6 Å². The van der Waals surface area contributed by atoms with E-state index in [0.717, 1.165) is 55.6 Å². The Morgan fingerprint density at radius 3 is 2.47 bits per heavy atom. The highest BCUT2D eigenvalue weighted by molar-refractivity contribution is 7.13. The zero-order valence-corrected chi connectivity index (χ0v) is 20.1. The van der Waals surface area contributed by atoms with Gasteiger partial charge in [0.1, 0.15) is 22.3 Å². The number of nitrogens with zero attached hydrogens (tertiary/aromatic N) is 2. The number of benzene rings is 1. The number of anilines is 1. The van der Waals surface area contributed by atoms with Crippen LogP contribution < -0.4 is 10.6 Å². The number of halogens is 2. The molecule has 0 aliphatic heterocycles. The summed E-state index contributed by atoms with van der Waals surface area (Å²) in [6.07, 6.45) is 7.78. The van der Waals surface area contributed by atoms with Gasteiger partial charge in [-0.25, -0.2) is 13.8 Å². The smallest absolute Gasteiger partial charge is 0.275 e. The highest BCUT2D eigenvalue weighted by Gasteiger charge is 2.57. The van der Waals surface area contributed by atoms with E-state index in [-0.39, 0.29) is 33.4 Å². The third-order valence-corrected chi connectivity index (χ3v) is 8.50. The van der Waals surface area contributed by atoms with E-state index in [9.17, 15) is 23.5 Å². The maximum atomic E-state index is 14.1. The molecule has 7 nitrogen and oxygen atoms in total. The van der Waals surface area contributed by atoms with Gasteiger partial charge in [0, 0.05) is 17.1 Å². The van der Waals surface area contributed by atoms with Crippen LogP contribution in [0.5, 0.6) is 0 Å². The molecule has 0 spiro atoms. The van der Waals surface area contributed by atoms with Gasteiger partial charge in [-0.2, -0.15) is 0 Å². The fourth-order valence-corrected chi connectivity index (χ4v) is 7.59. The minimum Gasteiger partial charge on any atom is -0.390 e. The summed E-state index contributed by atoms with van der Waals surface area (Å²) in [6, 6.07) is 5.04. The molecule has 3 N–H and O–H groups in total. The summed E-state index contributed by atoms with van der Waals surface area (Å²) < 4.78 is 28.2. The fourth-order valence-electron chi connectivity index (χ4n) is 6.74. The Labute approximate surface area is 210 Å². The van der Waals surface area contributed by atoms with E-state index >= 15 is 0 Å². The predicted molar refractivity (Wildman–Crippen MR) is 129 cm³/mol. The number of hydrogen-bond acceptors (Lipinski definition) is 6. The number of nitrogens with one attached hydrogen (secondary N) is 2. The van der Waals surface area contributed by atoms with Crippen LogP contribution in [0.3, 0.4) is 0 Å². The van der Waals surface area contributed by atoms with E-state index < -0.39 is 28.7 Å². The molecule has 1 aromatic carbocycles. The second-order valence-corrected chi connectivity index (χ2v) is 11.3. The minimum absolute atomic E-state index is 0.0313. The summed E-state index contributed by atoms with van der Waals surface area (Å²) in [7, 11) is 0. The monoisotopic (exact) mass is 510 g/mol. The van der Waals surface area contributed by atoms with Gasteiger partial charge in [0.25, 0.3) is 11.8 Å². The molecular formula is C26H24F2N4O3S. The van der Waals surface area contributed by atoms with Crippen molar-refractivity contribution in [2.75, 3.05) is 5.32 Å². The average Bonchev–Trinajstić information content (AvgIpc) is 3.27. The molecule has 10 heteroatoms. The van der Waals surface area contributed by atoms with Gasteiger partial charge >= 0.3 is 0 Å². The van der Waals surface area contributed by atoms with Crippen LogP contribution >= 0.6 is 11.3 Å². The molecule has 2 unspecified atom stereocenters. The van der Waals surface area contributed by atoms with Crippen molar-refractivity contribution in [2.45, 2.75) is 49.7 Å². The number of amides is 2. The number of carbonyl (C=O) groups excluding carboxylic acids is 2. The van der Waals surface area contributed by atoms with Crippen LogP contribution in [0.1, 0.15) is 59.4 Å². The van der Waals surface area contributed by atoms with Crippen LogP contribution in [0.2, 0.25) is 0 Å².